The van der Waals surface area contributed by atoms with E-state index in [1.165, 1.54) is 4.81 Å². The molecule has 2 aromatic rings. The van der Waals surface area contributed by atoms with Gasteiger partial charge in [-0.05, 0) is 54.2 Å². The van der Waals surface area contributed by atoms with Crippen LogP contribution >= 0.6 is 11.6 Å². The summed E-state index contributed by atoms with van der Waals surface area (Å²) in [5, 5.41) is 21.4. The predicted molar refractivity (Wildman–Crippen MR) is 152 cm³/mol. The largest absolute Gasteiger partial charge is 0.481 e. The van der Waals surface area contributed by atoms with Gasteiger partial charge in [-0.2, -0.15) is 0 Å². The summed E-state index contributed by atoms with van der Waals surface area (Å²) in [6.45, 7) is -1.07. The lowest BCUT2D eigenvalue weighted by molar-refractivity contribution is -0.139. The molecule has 2 atom stereocenters. The van der Waals surface area contributed by atoms with Crippen molar-refractivity contribution in [2.75, 3.05) is 0 Å². The van der Waals surface area contributed by atoms with Crippen LogP contribution in [-0.2, 0) is 24.0 Å². The minimum atomic E-state index is -1.29. The zero-order valence-electron chi connectivity index (χ0n) is 22.0. The molecule has 0 radical (unpaired) electrons. The molecule has 2 aliphatic rings. The van der Waals surface area contributed by atoms with Crippen molar-refractivity contribution < 1.29 is 34.2 Å². The number of allylic oxidation sites excluding steroid dienone is 2. The van der Waals surface area contributed by atoms with E-state index >= 15 is 0 Å². The van der Waals surface area contributed by atoms with Crippen molar-refractivity contribution in [3.05, 3.63) is 70.9 Å². The van der Waals surface area contributed by atoms with Gasteiger partial charge in [-0.1, -0.05) is 48.0 Å². The number of carbonyl (C=O) groups is 5. The molecule has 0 bridgehead atoms. The molecular formula is C28H28BClN4O7. The number of amides is 3. The van der Waals surface area contributed by atoms with Crippen molar-refractivity contribution in [2.45, 2.75) is 50.4 Å². The van der Waals surface area contributed by atoms with Crippen molar-refractivity contribution in [2.24, 2.45) is 10.6 Å². The molecule has 5 N–H and O–H groups in total. The molecule has 1 fully saturated rings. The zero-order chi connectivity index (χ0) is 29.7. The number of carbonyl (C=O) groups excluding carboxylic acids is 3. The fourth-order valence-electron chi connectivity index (χ4n) is 4.95. The van der Waals surface area contributed by atoms with Gasteiger partial charge in [0, 0.05) is 30.0 Å². The van der Waals surface area contributed by atoms with Crippen LogP contribution in [0.1, 0.15) is 44.1 Å². The van der Waals surface area contributed by atoms with Crippen molar-refractivity contribution in [3.8, 4) is 11.1 Å². The Bertz CT molecular complexity index is 1440. The highest BCUT2D eigenvalue weighted by Crippen LogP contribution is 2.35. The fraction of sp³-hybridized carbons (Fsp3) is 0.286. The molecule has 0 spiro atoms. The number of halogens is 1. The molecular weight excluding hydrogens is 551 g/mol. The summed E-state index contributed by atoms with van der Waals surface area (Å²) in [5.74, 6) is -5.41. The first-order valence-electron chi connectivity index (χ1n) is 13.0. The highest BCUT2D eigenvalue weighted by Gasteiger charge is 2.46. The van der Waals surface area contributed by atoms with Gasteiger partial charge in [-0.15, -0.1) is 0 Å². The Balaban J connectivity index is 1.67. The summed E-state index contributed by atoms with van der Waals surface area (Å²) in [6.07, 6.45) is 1.17. The summed E-state index contributed by atoms with van der Waals surface area (Å²) >= 11 is 6.13. The SMILES string of the molecule is NC(=O)[C@H](CCC(=O)O)NC(=O)[C@@H](CCC(=O)O)B1N=C(c2ccc(-c3cccc(Cl)c3)cc2)C=C2CCC(=O)N12. The van der Waals surface area contributed by atoms with E-state index < -0.39 is 55.4 Å². The lowest BCUT2D eigenvalue weighted by Crippen LogP contribution is -2.52. The Labute approximate surface area is 241 Å². The first kappa shape index (κ1) is 29.5. The highest BCUT2D eigenvalue weighted by molar-refractivity contribution is 6.66. The number of aliphatic carboxylic acids is 2. The number of hydrogen-bond acceptors (Lipinski definition) is 6. The van der Waals surface area contributed by atoms with E-state index in [1.54, 1.807) is 12.1 Å². The maximum Gasteiger partial charge on any atom is 0.414 e. The number of carboxylic acid groups (broad SMARTS) is 2. The molecule has 2 heterocycles. The second-order valence-electron chi connectivity index (χ2n) is 9.85. The molecule has 0 aliphatic carbocycles. The Morgan fingerprint density at radius 1 is 0.976 bits per heavy atom. The molecule has 4 rings (SSSR count). The number of rotatable bonds is 12. The lowest BCUT2D eigenvalue weighted by atomic mass is 9.57. The van der Waals surface area contributed by atoms with Gasteiger partial charge in [0.2, 0.25) is 17.7 Å². The van der Waals surface area contributed by atoms with Gasteiger partial charge in [0.05, 0.1) is 11.5 Å². The van der Waals surface area contributed by atoms with Crippen LogP contribution in [-0.4, -0.2) is 63.4 Å². The quantitative estimate of drug-likeness (QED) is 0.279. The number of nitrogens with two attached hydrogens (primary N) is 1. The van der Waals surface area contributed by atoms with Gasteiger partial charge in [-0.3, -0.25) is 24.0 Å². The van der Waals surface area contributed by atoms with Crippen LogP contribution in [0.5, 0.6) is 0 Å². The number of hydrogen-bond donors (Lipinski definition) is 4. The first-order valence-corrected chi connectivity index (χ1v) is 13.4. The Hall–Kier alpha value is -4.45. The van der Waals surface area contributed by atoms with E-state index in [-0.39, 0.29) is 25.2 Å². The maximum atomic E-state index is 13.5. The van der Waals surface area contributed by atoms with Crippen LogP contribution < -0.4 is 11.1 Å². The number of carboxylic acids is 2. The second kappa shape index (κ2) is 12.8. The number of nitrogens with zero attached hydrogens (tertiary/aromatic N) is 2. The van der Waals surface area contributed by atoms with Gasteiger partial charge in [0.25, 0.3) is 0 Å². The van der Waals surface area contributed by atoms with E-state index in [1.807, 2.05) is 42.5 Å². The van der Waals surface area contributed by atoms with Crippen LogP contribution in [0.3, 0.4) is 0 Å². The average Bonchev–Trinajstić information content (AvgIpc) is 3.31. The van der Waals surface area contributed by atoms with E-state index in [0.717, 1.165) is 16.7 Å². The van der Waals surface area contributed by atoms with Crippen LogP contribution in [0, 0.1) is 0 Å². The number of nitrogens with one attached hydrogen (secondary N) is 1. The summed E-state index contributed by atoms with van der Waals surface area (Å²) in [4.78, 5) is 66.9. The number of fused-ring (bicyclic) bond motifs is 1. The molecule has 2 aliphatic heterocycles. The topological polar surface area (TPSA) is 179 Å². The molecule has 0 unspecified atom stereocenters. The van der Waals surface area contributed by atoms with Crippen LogP contribution in [0.2, 0.25) is 10.8 Å². The third kappa shape index (κ3) is 7.20. The third-order valence-electron chi connectivity index (χ3n) is 7.02. The van der Waals surface area contributed by atoms with Gasteiger partial charge in [-0.25, -0.2) is 0 Å². The molecule has 1 saturated heterocycles. The van der Waals surface area contributed by atoms with Crippen molar-refractivity contribution in [1.82, 2.24) is 10.1 Å². The molecule has 3 amide bonds. The fourth-order valence-corrected chi connectivity index (χ4v) is 5.14. The van der Waals surface area contributed by atoms with Crippen molar-refractivity contribution in [1.29, 1.82) is 0 Å². The monoisotopic (exact) mass is 578 g/mol. The Morgan fingerprint density at radius 3 is 2.27 bits per heavy atom. The molecule has 212 valence electrons. The normalized spacial score (nSPS) is 15.9. The van der Waals surface area contributed by atoms with E-state index in [9.17, 15) is 29.1 Å². The lowest BCUT2D eigenvalue weighted by Gasteiger charge is -2.32. The van der Waals surface area contributed by atoms with Crippen molar-refractivity contribution in [3.63, 3.8) is 0 Å². The zero-order valence-corrected chi connectivity index (χ0v) is 22.7. The van der Waals surface area contributed by atoms with E-state index in [0.29, 0.717) is 22.9 Å². The minimum Gasteiger partial charge on any atom is -0.481 e. The molecule has 0 saturated carbocycles. The smallest absolute Gasteiger partial charge is 0.414 e. The molecule has 11 nitrogen and oxygen atoms in total. The van der Waals surface area contributed by atoms with Crippen molar-refractivity contribution >= 4 is 54.0 Å². The highest BCUT2D eigenvalue weighted by atomic mass is 35.5. The van der Waals surface area contributed by atoms with Gasteiger partial charge in [0.1, 0.15) is 6.04 Å². The van der Waals surface area contributed by atoms with Crippen LogP contribution in [0.4, 0.5) is 0 Å². The van der Waals surface area contributed by atoms with Gasteiger partial charge >= 0.3 is 18.9 Å². The van der Waals surface area contributed by atoms with Crippen LogP contribution in [0.25, 0.3) is 11.1 Å². The summed E-state index contributed by atoms with van der Waals surface area (Å²) < 4.78 is 0. The van der Waals surface area contributed by atoms with Gasteiger partial charge < -0.3 is 31.0 Å². The minimum absolute atomic E-state index is 0.183. The third-order valence-corrected chi connectivity index (χ3v) is 7.26. The number of benzene rings is 2. The molecule has 13 heteroatoms. The second-order valence-corrected chi connectivity index (χ2v) is 10.3. The molecule has 2 aromatic carbocycles. The summed E-state index contributed by atoms with van der Waals surface area (Å²) in [6, 6.07) is 13.6. The van der Waals surface area contributed by atoms with E-state index in [2.05, 4.69) is 5.32 Å². The average molecular weight is 579 g/mol. The van der Waals surface area contributed by atoms with E-state index in [4.69, 9.17) is 27.3 Å². The first-order chi connectivity index (χ1) is 19.5. The van der Waals surface area contributed by atoms with Crippen LogP contribution in [0.15, 0.2) is 65.2 Å². The molecule has 0 aromatic heterocycles. The Morgan fingerprint density at radius 2 is 1.63 bits per heavy atom. The Kier molecular flexibility index (Phi) is 9.23. The standard InChI is InChI=1S/C28H28BClN4O7/c30-19-3-1-2-18(14-19)16-4-6-17(7-5-16)23-15-20-8-11-24(35)34(20)29(33-23)21(9-12-25(36)37)28(41)32-22(27(31)40)10-13-26(38)39/h1-7,14-15,21-22H,8-13H2,(H2,31,40)(H,32,41)(H,36,37)(H,38,39)/t21-,22+/m1/s1. The van der Waals surface area contributed by atoms with Gasteiger partial charge in [0.15, 0.2) is 0 Å². The summed E-state index contributed by atoms with van der Waals surface area (Å²) in [5.41, 5.74) is 9.12. The molecule has 41 heavy (non-hydrogen) atoms. The summed E-state index contributed by atoms with van der Waals surface area (Å²) in [7, 11) is 0. The predicted octanol–water partition coefficient (Wildman–Crippen LogP) is 2.87. The maximum absolute atomic E-state index is 13.5. The number of primary amides is 1.